The predicted molar refractivity (Wildman–Crippen MR) is 43.6 cm³/mol. The lowest BCUT2D eigenvalue weighted by Gasteiger charge is -2.03. The number of carbonyl (C=O) groups excluding carboxylic acids is 1. The van der Waals surface area contributed by atoms with Gasteiger partial charge in [-0.05, 0) is 0 Å². The summed E-state index contributed by atoms with van der Waals surface area (Å²) >= 11 is 0. The molecule has 4 heteroatoms. The molecule has 0 saturated carbocycles. The van der Waals surface area contributed by atoms with E-state index in [9.17, 15) is 9.59 Å². The monoisotopic (exact) mass is 167 g/mol. The SMILES string of the molecule is COc1cc(=O)n(C)cc1C=O. The van der Waals surface area contributed by atoms with Gasteiger partial charge in [0.2, 0.25) is 0 Å². The lowest BCUT2D eigenvalue weighted by atomic mass is 10.3. The zero-order valence-electron chi connectivity index (χ0n) is 6.90. The molecule has 0 N–H and O–H groups in total. The maximum absolute atomic E-state index is 11.0. The number of hydrogen-bond donors (Lipinski definition) is 0. The first-order valence-corrected chi connectivity index (χ1v) is 3.39. The molecule has 0 saturated heterocycles. The number of pyridine rings is 1. The van der Waals surface area contributed by atoms with Gasteiger partial charge in [-0.3, -0.25) is 9.59 Å². The molecule has 0 unspecified atom stereocenters. The maximum Gasteiger partial charge on any atom is 0.254 e. The Morgan fingerprint density at radius 1 is 1.58 bits per heavy atom. The Labute approximate surface area is 69.4 Å². The number of ether oxygens (including phenoxy) is 1. The Kier molecular flexibility index (Phi) is 2.28. The van der Waals surface area contributed by atoms with E-state index < -0.39 is 0 Å². The van der Waals surface area contributed by atoms with Crippen molar-refractivity contribution in [1.82, 2.24) is 4.57 Å². The first kappa shape index (κ1) is 8.52. The summed E-state index contributed by atoms with van der Waals surface area (Å²) in [5, 5.41) is 0. The highest BCUT2D eigenvalue weighted by Crippen LogP contribution is 2.11. The van der Waals surface area contributed by atoms with E-state index in [1.165, 1.54) is 23.9 Å². The van der Waals surface area contributed by atoms with Crippen molar-refractivity contribution in [3.05, 3.63) is 28.2 Å². The van der Waals surface area contributed by atoms with Crippen molar-refractivity contribution < 1.29 is 9.53 Å². The summed E-state index contributed by atoms with van der Waals surface area (Å²) in [6, 6.07) is 1.28. The number of methoxy groups -OCH3 is 1. The number of aldehydes is 1. The summed E-state index contributed by atoms with van der Waals surface area (Å²) in [4.78, 5) is 21.5. The van der Waals surface area contributed by atoms with Crippen LogP contribution in [0, 0.1) is 0 Å². The zero-order valence-corrected chi connectivity index (χ0v) is 6.90. The van der Waals surface area contributed by atoms with Crippen molar-refractivity contribution >= 4 is 6.29 Å². The Morgan fingerprint density at radius 2 is 2.25 bits per heavy atom. The average Bonchev–Trinajstić information content (AvgIpc) is 2.09. The van der Waals surface area contributed by atoms with Crippen molar-refractivity contribution in [2.75, 3.05) is 7.11 Å². The van der Waals surface area contributed by atoms with Gasteiger partial charge in [0.25, 0.3) is 5.56 Å². The third-order valence-corrected chi connectivity index (χ3v) is 1.57. The second-order valence-electron chi connectivity index (χ2n) is 2.36. The third kappa shape index (κ3) is 1.37. The molecule has 0 radical (unpaired) electrons. The van der Waals surface area contributed by atoms with Crippen LogP contribution in [0.4, 0.5) is 0 Å². The second-order valence-corrected chi connectivity index (χ2v) is 2.36. The van der Waals surface area contributed by atoms with Gasteiger partial charge in [0, 0.05) is 19.3 Å². The van der Waals surface area contributed by atoms with Crippen LogP contribution in [0.2, 0.25) is 0 Å². The topological polar surface area (TPSA) is 48.3 Å². The molecule has 0 aliphatic rings. The number of carbonyl (C=O) groups is 1. The molecule has 0 aromatic carbocycles. The van der Waals surface area contributed by atoms with Crippen molar-refractivity contribution in [3.8, 4) is 5.75 Å². The first-order chi connectivity index (χ1) is 5.69. The maximum atomic E-state index is 11.0. The number of rotatable bonds is 2. The minimum Gasteiger partial charge on any atom is -0.496 e. The van der Waals surface area contributed by atoms with Crippen molar-refractivity contribution in [2.45, 2.75) is 0 Å². The molecule has 0 spiro atoms. The number of nitrogens with zero attached hydrogens (tertiary/aromatic N) is 1. The predicted octanol–water partition coefficient (Wildman–Crippen LogP) is 0.206. The Morgan fingerprint density at radius 3 is 2.75 bits per heavy atom. The van der Waals surface area contributed by atoms with Gasteiger partial charge in [0.05, 0.1) is 12.7 Å². The molecular formula is C8H9NO3. The van der Waals surface area contributed by atoms with E-state index in [4.69, 9.17) is 4.74 Å². The Hall–Kier alpha value is -1.58. The zero-order chi connectivity index (χ0) is 9.14. The van der Waals surface area contributed by atoms with Crippen LogP contribution in [0.3, 0.4) is 0 Å². The summed E-state index contributed by atoms with van der Waals surface area (Å²) in [6.07, 6.45) is 2.09. The van der Waals surface area contributed by atoms with Gasteiger partial charge in [0.15, 0.2) is 6.29 Å². The molecule has 0 fully saturated rings. The van der Waals surface area contributed by atoms with E-state index >= 15 is 0 Å². The van der Waals surface area contributed by atoms with Crippen LogP contribution in [0.25, 0.3) is 0 Å². The summed E-state index contributed by atoms with van der Waals surface area (Å²) in [7, 11) is 3.00. The van der Waals surface area contributed by atoms with Crippen LogP contribution in [0.1, 0.15) is 10.4 Å². The average molecular weight is 167 g/mol. The molecule has 1 heterocycles. The van der Waals surface area contributed by atoms with E-state index in [1.54, 1.807) is 7.05 Å². The van der Waals surface area contributed by atoms with Crippen molar-refractivity contribution in [3.63, 3.8) is 0 Å². The van der Waals surface area contributed by atoms with Crippen molar-refractivity contribution in [2.24, 2.45) is 7.05 Å². The molecule has 0 aliphatic carbocycles. The normalized spacial score (nSPS) is 9.50. The van der Waals surface area contributed by atoms with E-state index in [-0.39, 0.29) is 5.56 Å². The Bertz CT molecular complexity index is 354. The summed E-state index contributed by atoms with van der Waals surface area (Å²) in [6.45, 7) is 0. The lowest BCUT2D eigenvalue weighted by molar-refractivity contribution is 0.112. The summed E-state index contributed by atoms with van der Waals surface area (Å²) in [5.41, 5.74) is 0.178. The van der Waals surface area contributed by atoms with E-state index in [0.29, 0.717) is 17.6 Å². The molecule has 12 heavy (non-hydrogen) atoms. The Balaban J connectivity index is 3.38. The molecule has 0 bridgehead atoms. The molecule has 0 aliphatic heterocycles. The van der Waals surface area contributed by atoms with Crippen LogP contribution in [-0.4, -0.2) is 18.0 Å². The third-order valence-electron chi connectivity index (χ3n) is 1.57. The van der Waals surface area contributed by atoms with Crippen LogP contribution < -0.4 is 10.3 Å². The summed E-state index contributed by atoms with van der Waals surface area (Å²) in [5.74, 6) is 0.313. The molecule has 1 aromatic rings. The summed E-state index contributed by atoms with van der Waals surface area (Å²) < 4.78 is 6.15. The quantitative estimate of drug-likeness (QED) is 0.591. The van der Waals surface area contributed by atoms with Gasteiger partial charge in [-0.2, -0.15) is 0 Å². The van der Waals surface area contributed by atoms with Crippen LogP contribution in [-0.2, 0) is 7.05 Å². The van der Waals surface area contributed by atoms with Gasteiger partial charge >= 0.3 is 0 Å². The second kappa shape index (κ2) is 3.21. The highest BCUT2D eigenvalue weighted by molar-refractivity contribution is 5.78. The fourth-order valence-electron chi connectivity index (χ4n) is 0.898. The fraction of sp³-hybridized carbons (Fsp3) is 0.250. The van der Waals surface area contributed by atoms with E-state index in [1.807, 2.05) is 0 Å². The molecule has 4 nitrogen and oxygen atoms in total. The smallest absolute Gasteiger partial charge is 0.254 e. The minimum absolute atomic E-state index is 0.197. The molecular weight excluding hydrogens is 158 g/mol. The van der Waals surface area contributed by atoms with Crippen LogP contribution in [0.5, 0.6) is 5.75 Å². The highest BCUT2D eigenvalue weighted by Gasteiger charge is 2.03. The number of aromatic nitrogens is 1. The van der Waals surface area contributed by atoms with Gasteiger partial charge < -0.3 is 9.30 Å². The lowest BCUT2D eigenvalue weighted by Crippen LogP contribution is -2.16. The molecule has 1 aromatic heterocycles. The number of aryl methyl sites for hydroxylation is 1. The van der Waals surface area contributed by atoms with Gasteiger partial charge in [-0.15, -0.1) is 0 Å². The van der Waals surface area contributed by atoms with Crippen molar-refractivity contribution in [1.29, 1.82) is 0 Å². The van der Waals surface area contributed by atoms with E-state index in [2.05, 4.69) is 0 Å². The standard InChI is InChI=1S/C8H9NO3/c1-9-4-6(5-10)7(12-2)3-8(9)11/h3-5H,1-2H3. The van der Waals surface area contributed by atoms with E-state index in [0.717, 1.165) is 0 Å². The van der Waals surface area contributed by atoms with Gasteiger partial charge in [-0.25, -0.2) is 0 Å². The fourth-order valence-corrected chi connectivity index (χ4v) is 0.898. The molecule has 0 atom stereocenters. The van der Waals surface area contributed by atoms with Crippen LogP contribution in [0.15, 0.2) is 17.1 Å². The number of hydrogen-bond acceptors (Lipinski definition) is 3. The van der Waals surface area contributed by atoms with Crippen LogP contribution >= 0.6 is 0 Å². The minimum atomic E-state index is -0.197. The first-order valence-electron chi connectivity index (χ1n) is 3.39. The van der Waals surface area contributed by atoms with Gasteiger partial charge in [-0.1, -0.05) is 0 Å². The van der Waals surface area contributed by atoms with Gasteiger partial charge in [0.1, 0.15) is 5.75 Å². The molecule has 1 rings (SSSR count). The largest absolute Gasteiger partial charge is 0.496 e. The molecule has 64 valence electrons. The molecule has 0 amide bonds. The highest BCUT2D eigenvalue weighted by atomic mass is 16.5.